The van der Waals surface area contributed by atoms with Crippen molar-refractivity contribution in [3.63, 3.8) is 0 Å². The van der Waals surface area contributed by atoms with Gasteiger partial charge in [0, 0.05) is 0 Å². The molecule has 0 saturated carbocycles. The van der Waals surface area contributed by atoms with Crippen LogP contribution in [-0.2, 0) is 0 Å². The van der Waals surface area contributed by atoms with Crippen molar-refractivity contribution in [2.75, 3.05) is 0 Å². The minimum atomic E-state index is -0.548. The number of halogens is 22. The van der Waals surface area contributed by atoms with E-state index in [4.69, 9.17) is 5.70 Å². The summed E-state index contributed by atoms with van der Waals surface area (Å²) >= 11 is 33.9. The van der Waals surface area contributed by atoms with Crippen molar-refractivity contribution < 1.29 is 17.0 Å². The van der Waals surface area contributed by atoms with Crippen molar-refractivity contribution in [1.82, 2.24) is 0 Å². The van der Waals surface area contributed by atoms with Gasteiger partial charge >= 0.3 is 306 Å². The van der Waals surface area contributed by atoms with Crippen LogP contribution in [0.5, 0.6) is 0 Å². The van der Waals surface area contributed by atoms with Crippen molar-refractivity contribution in [3.05, 3.63) is 0 Å². The molecule has 0 aliphatic carbocycles. The molecule has 158 valence electrons. The molecule has 0 atom stereocenters. The van der Waals surface area contributed by atoms with E-state index in [-0.39, 0.29) is 17.0 Å². The third-order valence-electron chi connectivity index (χ3n) is 0.797. The molecule has 0 bridgehead atoms. The zero-order chi connectivity index (χ0) is 18.5. The van der Waals surface area contributed by atoms with Gasteiger partial charge in [-0.25, -0.2) is 0 Å². The fourth-order valence-corrected chi connectivity index (χ4v) is 3400. The van der Waals surface area contributed by atoms with Crippen molar-refractivity contribution in [1.29, 1.82) is 0 Å². The van der Waals surface area contributed by atoms with Gasteiger partial charge in [-0.1, -0.05) is 0 Å². The Morgan fingerprint density at radius 1 is 0.435 bits per heavy atom. The molecule has 0 saturated heterocycles. The topological polar surface area (TPSA) is 0 Å². The van der Waals surface area contributed by atoms with Crippen molar-refractivity contribution in [2.45, 2.75) is 0 Å². The minimum absolute atomic E-state index is 0.181. The molecule has 23 heavy (non-hydrogen) atoms. The molecule has 0 amide bonds. The van der Waals surface area contributed by atoms with Gasteiger partial charge < -0.3 is 0 Å². The van der Waals surface area contributed by atoms with Crippen LogP contribution in [0, 0.1) is 0 Å². The van der Waals surface area contributed by atoms with Gasteiger partial charge in [0.1, 0.15) is 0 Å². The molecular formula is BI22-. The van der Waals surface area contributed by atoms with Gasteiger partial charge in [0.25, 0.3) is 0 Å². The first kappa shape index (κ1) is 39.1. The van der Waals surface area contributed by atoms with E-state index >= 15 is 0 Å². The Kier molecular flexibility index (Phi) is 40.2. The second-order valence-electron chi connectivity index (χ2n) is 1.70. The Hall–Kier alpha value is 16.1. The molecule has 0 aromatic heterocycles. The second kappa shape index (κ2) is 23.7. The fraction of sp³-hybridized carbons (Fsp3) is 0. The predicted octanol–water partition coefficient (Wildman–Crippen LogP) is 15.2. The third-order valence-corrected chi connectivity index (χ3v) is 1510. The van der Waals surface area contributed by atoms with Crippen molar-refractivity contribution >= 4 is 289 Å². The van der Waals surface area contributed by atoms with Crippen LogP contribution in [0.4, 0.5) is 0 Å². The molecule has 2 radical (unpaired) electrons. The summed E-state index contributed by atoms with van der Waals surface area (Å²) in [4.78, 5) is 0. The number of rotatable bonds is 10. The summed E-state index contributed by atoms with van der Waals surface area (Å²) in [5, 5.41) is 0. The van der Waals surface area contributed by atoms with Crippen LogP contribution >= 0.6 is 284 Å². The number of hydrogen-bond donors (Lipinski definition) is 0. The fourth-order valence-electron chi connectivity index (χ4n) is 0.270. The maximum atomic E-state index is 6.18. The Bertz CT molecular complexity index is 311. The van der Waals surface area contributed by atoms with Gasteiger partial charge in [-0.2, -0.15) is 0 Å². The Balaban J connectivity index is 4.89. The summed E-state index contributed by atoms with van der Waals surface area (Å²) in [7, 11) is -4.64. The summed E-state index contributed by atoms with van der Waals surface area (Å²) in [5.74, 6) is 0. The summed E-state index contributed by atoms with van der Waals surface area (Å²) in [6.45, 7) is 0. The molecule has 0 aromatic carbocycles. The van der Waals surface area contributed by atoms with E-state index in [0.717, 1.165) is 0 Å². The van der Waals surface area contributed by atoms with E-state index in [9.17, 15) is 0 Å². The van der Waals surface area contributed by atoms with E-state index in [0.29, 0.717) is 0 Å². The van der Waals surface area contributed by atoms with Gasteiger partial charge in [0.05, 0.1) is 0 Å². The molecule has 0 aromatic rings. The van der Waals surface area contributed by atoms with Crippen LogP contribution in [0.3, 0.4) is 0 Å². The average Bonchev–Trinajstić information content (AvgIpc) is 2.55. The molecule has 0 N–H and O–H groups in total. The third kappa shape index (κ3) is 17.0. The summed E-state index contributed by atoms with van der Waals surface area (Å²) in [5.41, 5.74) is 6.18. The molecule has 0 nitrogen and oxygen atoms in total. The van der Waals surface area contributed by atoms with Gasteiger partial charge in [-0.15, -0.1) is 0 Å². The monoisotopic (exact) mass is 2800 g/mol. The molecule has 0 fully saturated rings. The molecule has 0 aliphatic heterocycles. The van der Waals surface area contributed by atoms with Crippen LogP contribution in [0.15, 0.2) is 0 Å². The first-order valence-corrected chi connectivity index (χ1v) is 136. The normalized spacial score (nSPS) is 17.9. The summed E-state index contributed by atoms with van der Waals surface area (Å²) in [6, 6.07) is 0. The Labute approximate surface area is 289 Å². The van der Waals surface area contributed by atoms with Gasteiger partial charge in [0.15, 0.2) is 0 Å². The first-order chi connectivity index (χ1) is 10.5. The van der Waals surface area contributed by atoms with E-state index in [1.807, 2.05) is 0 Å². The zero-order valence-corrected chi connectivity index (χ0v) is 56.4. The van der Waals surface area contributed by atoms with E-state index < -0.39 is 78.9 Å². The van der Waals surface area contributed by atoms with Crippen LogP contribution in [0.1, 0.15) is 0 Å². The molecule has 0 aliphatic rings. The van der Waals surface area contributed by atoms with Crippen LogP contribution in [-0.4, -0.2) is 5.70 Å². The SMILES string of the molecule is [B][I-]I(I)I(I)I(I)I(I)I(I)I(I)I(I)I(I)I(I)I(I)I. The predicted molar refractivity (Wildman–Crippen MR) is 300 cm³/mol. The van der Waals surface area contributed by atoms with E-state index in [2.05, 4.69) is 205 Å². The van der Waals surface area contributed by atoms with E-state index in [1.165, 1.54) is 0 Å². The summed E-state index contributed by atoms with van der Waals surface area (Å²) < 4.78 is 0. The molecule has 0 unspecified atom stereocenters. The van der Waals surface area contributed by atoms with Crippen LogP contribution in [0.2, 0.25) is 0 Å². The molecule has 0 rings (SSSR count). The van der Waals surface area contributed by atoms with Crippen LogP contribution < -0.4 is 17.0 Å². The number of hydrogen-bond acceptors (Lipinski definition) is 0. The first-order valence-electron chi connectivity index (χ1n) is 3.22. The maximum absolute atomic E-state index is 6.18. The zero-order valence-electron chi connectivity index (χ0n) is 8.89. The standard InChI is InChI=1S/BI22/c1-13-15(4)17(6)19(8)21(10)23(12)22(11)20(9)18(7)16(5)14(2)3/q-1. The molecular weight excluding hydrogens is 2800 g/mol. The Morgan fingerprint density at radius 2 is 0.696 bits per heavy atom. The van der Waals surface area contributed by atoms with E-state index in [1.54, 1.807) is 0 Å². The average molecular weight is 2800 g/mol. The quantitative estimate of drug-likeness (QED) is 0.151. The van der Waals surface area contributed by atoms with Gasteiger partial charge in [0.2, 0.25) is 0 Å². The van der Waals surface area contributed by atoms with Crippen LogP contribution in [0.25, 0.3) is 0 Å². The van der Waals surface area contributed by atoms with Gasteiger partial charge in [-0.05, 0) is 0 Å². The molecule has 0 heterocycles. The summed E-state index contributed by atoms with van der Waals surface area (Å²) in [6.07, 6.45) is 0. The van der Waals surface area contributed by atoms with Crippen molar-refractivity contribution in [3.8, 4) is 0 Å². The molecule has 0 spiro atoms. The van der Waals surface area contributed by atoms with Crippen molar-refractivity contribution in [2.24, 2.45) is 0 Å². The van der Waals surface area contributed by atoms with Gasteiger partial charge in [-0.3, -0.25) is 0 Å². The second-order valence-corrected chi connectivity index (χ2v) is 493. The molecule has 23 heteroatoms. The Morgan fingerprint density at radius 3 is 0.957 bits per heavy atom.